The predicted molar refractivity (Wildman–Crippen MR) is 107 cm³/mol. The minimum absolute atomic E-state index is 0.401. The van der Waals surface area contributed by atoms with Crippen LogP contribution in [0.25, 0.3) is 6.08 Å². The molecule has 152 valence electrons. The fraction of sp³-hybridized carbons (Fsp3) is 0.545. The third-order valence-corrected chi connectivity index (χ3v) is 6.40. The normalized spacial score (nSPS) is 28.8. The SMILES string of the molecule is COc1ccc2c3c1O[C@H]1C(OC)(OC)C(OC)C=C(C=C2)[C@@]31CCN(C)C. The molecule has 1 aromatic carbocycles. The molecule has 0 bridgehead atoms. The molecule has 1 aromatic rings. The highest BCUT2D eigenvalue weighted by Crippen LogP contribution is 2.62. The quantitative estimate of drug-likeness (QED) is 0.671. The van der Waals surface area contributed by atoms with E-state index in [1.165, 1.54) is 5.57 Å². The second-order valence-electron chi connectivity index (χ2n) is 7.82. The maximum absolute atomic E-state index is 6.64. The van der Waals surface area contributed by atoms with Gasteiger partial charge in [0.2, 0.25) is 5.79 Å². The smallest absolute Gasteiger partial charge is 0.237 e. The molecule has 0 aromatic heterocycles. The van der Waals surface area contributed by atoms with Gasteiger partial charge in [0.25, 0.3) is 0 Å². The molecule has 1 aliphatic heterocycles. The molecule has 0 saturated carbocycles. The Morgan fingerprint density at radius 3 is 2.43 bits per heavy atom. The Hall–Kier alpha value is -1.86. The third kappa shape index (κ3) is 2.35. The lowest BCUT2D eigenvalue weighted by atomic mass is 9.59. The molecule has 0 spiro atoms. The van der Waals surface area contributed by atoms with Crippen molar-refractivity contribution in [2.75, 3.05) is 49.1 Å². The summed E-state index contributed by atoms with van der Waals surface area (Å²) in [6.07, 6.45) is 6.49. The van der Waals surface area contributed by atoms with Crippen LogP contribution in [-0.2, 0) is 19.6 Å². The molecule has 28 heavy (non-hydrogen) atoms. The first-order chi connectivity index (χ1) is 13.5. The summed E-state index contributed by atoms with van der Waals surface area (Å²) in [4.78, 5) is 2.19. The molecular weight excluding hydrogens is 358 g/mol. The van der Waals surface area contributed by atoms with Crippen LogP contribution in [0.5, 0.6) is 11.5 Å². The zero-order chi connectivity index (χ0) is 20.1. The summed E-state index contributed by atoms with van der Waals surface area (Å²) in [5.74, 6) is 0.424. The molecule has 3 aliphatic rings. The number of benzene rings is 1. The molecule has 4 rings (SSSR count). The van der Waals surface area contributed by atoms with Crippen molar-refractivity contribution in [2.45, 2.75) is 29.8 Å². The zero-order valence-corrected chi connectivity index (χ0v) is 17.4. The van der Waals surface area contributed by atoms with Crippen molar-refractivity contribution in [3.63, 3.8) is 0 Å². The summed E-state index contributed by atoms with van der Waals surface area (Å²) in [7, 11) is 10.8. The molecule has 1 unspecified atom stereocenters. The van der Waals surface area contributed by atoms with Gasteiger partial charge in [-0.1, -0.05) is 18.2 Å². The van der Waals surface area contributed by atoms with Gasteiger partial charge in [0.15, 0.2) is 17.6 Å². The predicted octanol–water partition coefficient (Wildman–Crippen LogP) is 2.62. The Balaban J connectivity index is 2.02. The second kappa shape index (κ2) is 6.88. The Morgan fingerprint density at radius 2 is 1.82 bits per heavy atom. The lowest BCUT2D eigenvalue weighted by Gasteiger charge is -2.51. The van der Waals surface area contributed by atoms with E-state index in [0.29, 0.717) is 0 Å². The van der Waals surface area contributed by atoms with E-state index in [1.54, 1.807) is 28.4 Å². The lowest BCUT2D eigenvalue weighted by Crippen LogP contribution is -2.66. The largest absolute Gasteiger partial charge is 0.493 e. The zero-order valence-electron chi connectivity index (χ0n) is 17.4. The first-order valence-electron chi connectivity index (χ1n) is 9.54. The van der Waals surface area contributed by atoms with Crippen molar-refractivity contribution in [2.24, 2.45) is 0 Å². The van der Waals surface area contributed by atoms with Crippen LogP contribution < -0.4 is 9.47 Å². The second-order valence-corrected chi connectivity index (χ2v) is 7.82. The summed E-state index contributed by atoms with van der Waals surface area (Å²) in [6.45, 7) is 0.891. The van der Waals surface area contributed by atoms with Crippen LogP contribution >= 0.6 is 0 Å². The van der Waals surface area contributed by atoms with Crippen molar-refractivity contribution in [1.82, 2.24) is 4.90 Å². The third-order valence-electron chi connectivity index (χ3n) is 6.40. The number of hydrogen-bond donors (Lipinski definition) is 0. The fourth-order valence-electron chi connectivity index (χ4n) is 5.05. The summed E-state index contributed by atoms with van der Waals surface area (Å²) in [5, 5.41) is 0. The minimum Gasteiger partial charge on any atom is -0.493 e. The molecular formula is C22H29NO5. The van der Waals surface area contributed by atoms with E-state index < -0.39 is 23.4 Å². The average Bonchev–Trinajstić information content (AvgIpc) is 3.07. The number of nitrogens with zero attached hydrogens (tertiary/aromatic N) is 1. The highest BCUT2D eigenvalue weighted by atomic mass is 16.7. The molecule has 6 heteroatoms. The number of rotatable bonds is 7. The van der Waals surface area contributed by atoms with Crippen LogP contribution in [0.1, 0.15) is 17.5 Å². The summed E-state index contributed by atoms with van der Waals surface area (Å²) in [6, 6.07) is 4.05. The summed E-state index contributed by atoms with van der Waals surface area (Å²) < 4.78 is 30.1. The van der Waals surface area contributed by atoms with Crippen LogP contribution in [-0.4, -0.2) is 72.0 Å². The summed E-state index contributed by atoms with van der Waals surface area (Å²) in [5.41, 5.74) is 3.07. The van der Waals surface area contributed by atoms with Gasteiger partial charge in [-0.15, -0.1) is 0 Å². The van der Waals surface area contributed by atoms with Gasteiger partial charge in [-0.25, -0.2) is 0 Å². The number of allylic oxidation sites excluding steroid dienone is 1. The van der Waals surface area contributed by atoms with Crippen LogP contribution in [0.15, 0.2) is 29.9 Å². The molecule has 1 heterocycles. The maximum atomic E-state index is 6.64. The van der Waals surface area contributed by atoms with Gasteiger partial charge < -0.3 is 28.6 Å². The molecule has 0 N–H and O–H groups in total. The number of ether oxygens (including phenoxy) is 5. The van der Waals surface area contributed by atoms with Gasteiger partial charge >= 0.3 is 0 Å². The summed E-state index contributed by atoms with van der Waals surface area (Å²) >= 11 is 0. The number of hydrogen-bond acceptors (Lipinski definition) is 6. The van der Waals surface area contributed by atoms with Crippen LogP contribution in [0, 0.1) is 0 Å². The molecule has 0 saturated heterocycles. The fourth-order valence-corrected chi connectivity index (χ4v) is 5.05. The van der Waals surface area contributed by atoms with E-state index in [4.69, 9.17) is 23.7 Å². The van der Waals surface area contributed by atoms with Crippen molar-refractivity contribution in [1.29, 1.82) is 0 Å². The van der Waals surface area contributed by atoms with Crippen LogP contribution in [0.4, 0.5) is 0 Å². The topological polar surface area (TPSA) is 49.4 Å². The highest BCUT2D eigenvalue weighted by Gasteiger charge is 2.67. The maximum Gasteiger partial charge on any atom is 0.237 e. The standard InChI is InChI=1S/C22H29NO5/c1-23(2)12-11-21-15-9-7-14-8-10-16(24-3)19(18(14)21)28-20(21)22(26-5,27-6)17(13-15)25-4/h7-10,13,17,20H,11-12H2,1-6H3/t17?,20-,21+/m1/s1. The van der Waals surface area contributed by atoms with Crippen molar-refractivity contribution in [3.05, 3.63) is 41.0 Å². The highest BCUT2D eigenvalue weighted by molar-refractivity contribution is 5.76. The lowest BCUT2D eigenvalue weighted by molar-refractivity contribution is -0.301. The van der Waals surface area contributed by atoms with Crippen molar-refractivity contribution < 1.29 is 23.7 Å². The van der Waals surface area contributed by atoms with Crippen LogP contribution in [0.3, 0.4) is 0 Å². The van der Waals surface area contributed by atoms with E-state index in [0.717, 1.165) is 35.6 Å². The van der Waals surface area contributed by atoms with Gasteiger partial charge in [-0.3, -0.25) is 0 Å². The van der Waals surface area contributed by atoms with E-state index >= 15 is 0 Å². The number of methoxy groups -OCH3 is 4. The van der Waals surface area contributed by atoms with Crippen LogP contribution in [0.2, 0.25) is 0 Å². The molecule has 0 radical (unpaired) electrons. The molecule has 0 amide bonds. The Kier molecular flexibility index (Phi) is 4.78. The van der Waals surface area contributed by atoms with Crippen molar-refractivity contribution in [3.8, 4) is 11.5 Å². The van der Waals surface area contributed by atoms with E-state index in [9.17, 15) is 0 Å². The van der Waals surface area contributed by atoms with Gasteiger partial charge in [-0.2, -0.15) is 0 Å². The van der Waals surface area contributed by atoms with Gasteiger partial charge in [0.05, 0.1) is 12.5 Å². The van der Waals surface area contributed by atoms with Gasteiger partial charge in [0, 0.05) is 26.9 Å². The minimum atomic E-state index is -1.07. The first kappa shape index (κ1) is 19.5. The Labute approximate surface area is 166 Å². The van der Waals surface area contributed by atoms with E-state index in [1.807, 2.05) is 6.07 Å². The molecule has 6 nitrogen and oxygen atoms in total. The van der Waals surface area contributed by atoms with E-state index in [-0.39, 0.29) is 0 Å². The Morgan fingerprint density at radius 1 is 1.07 bits per heavy atom. The van der Waals surface area contributed by atoms with E-state index in [2.05, 4.69) is 43.3 Å². The van der Waals surface area contributed by atoms with Gasteiger partial charge in [-0.05, 0) is 50.3 Å². The molecule has 3 atom stereocenters. The molecule has 2 aliphatic carbocycles. The first-order valence-corrected chi connectivity index (χ1v) is 9.54. The van der Waals surface area contributed by atoms with Crippen molar-refractivity contribution >= 4 is 6.08 Å². The Bertz CT molecular complexity index is 826. The van der Waals surface area contributed by atoms with Gasteiger partial charge in [0.1, 0.15) is 6.10 Å². The average molecular weight is 387 g/mol. The molecule has 0 fully saturated rings. The monoisotopic (exact) mass is 387 g/mol.